The highest BCUT2D eigenvalue weighted by Crippen LogP contribution is 2.48. The molecular formula is C26H25ClN2O4. The van der Waals surface area contributed by atoms with Crippen molar-refractivity contribution in [3.05, 3.63) is 81.4 Å². The number of methoxy groups -OCH3 is 1. The van der Waals surface area contributed by atoms with E-state index in [2.05, 4.69) is 6.07 Å². The van der Waals surface area contributed by atoms with Crippen LogP contribution in [-0.4, -0.2) is 12.9 Å². The second-order valence-electron chi connectivity index (χ2n) is 9.03. The molecule has 1 heterocycles. The molecular weight excluding hydrogens is 440 g/mol. The van der Waals surface area contributed by atoms with Crippen molar-refractivity contribution in [1.29, 1.82) is 5.26 Å². The fourth-order valence-electron chi connectivity index (χ4n) is 4.39. The molecule has 0 amide bonds. The third-order valence-electron chi connectivity index (χ3n) is 5.88. The molecule has 33 heavy (non-hydrogen) atoms. The van der Waals surface area contributed by atoms with Crippen molar-refractivity contribution in [1.82, 2.24) is 0 Å². The zero-order valence-electron chi connectivity index (χ0n) is 18.8. The first-order chi connectivity index (χ1) is 15.7. The quantitative estimate of drug-likeness (QED) is 0.638. The van der Waals surface area contributed by atoms with E-state index in [1.165, 1.54) is 0 Å². The van der Waals surface area contributed by atoms with Crippen molar-refractivity contribution < 1.29 is 19.0 Å². The SMILES string of the molecule is COc1cc(C2C(C#N)=C(N)OC3=C2C(=O)CC(C)(C)C3)ccc1OCc1cccc(Cl)c1. The Labute approximate surface area is 198 Å². The van der Waals surface area contributed by atoms with Gasteiger partial charge in [-0.3, -0.25) is 4.79 Å². The van der Waals surface area contributed by atoms with Gasteiger partial charge in [0.05, 0.1) is 13.0 Å². The number of carbonyl (C=O) groups is 1. The van der Waals surface area contributed by atoms with Gasteiger partial charge in [-0.2, -0.15) is 5.26 Å². The first-order valence-electron chi connectivity index (χ1n) is 10.6. The van der Waals surface area contributed by atoms with Crippen molar-refractivity contribution in [3.8, 4) is 17.6 Å². The second kappa shape index (κ2) is 8.84. The lowest BCUT2D eigenvalue weighted by Gasteiger charge is -2.37. The van der Waals surface area contributed by atoms with Crippen LogP contribution in [0.1, 0.15) is 43.7 Å². The Morgan fingerprint density at radius 3 is 2.70 bits per heavy atom. The molecule has 0 radical (unpaired) electrons. The lowest BCUT2D eigenvalue weighted by molar-refractivity contribution is -0.119. The Hall–Kier alpha value is -3.43. The molecule has 0 saturated carbocycles. The molecule has 1 atom stereocenters. The van der Waals surface area contributed by atoms with Crippen molar-refractivity contribution in [3.63, 3.8) is 0 Å². The summed E-state index contributed by atoms with van der Waals surface area (Å²) in [7, 11) is 1.55. The van der Waals surface area contributed by atoms with Crippen LogP contribution in [-0.2, 0) is 16.1 Å². The fourth-order valence-corrected chi connectivity index (χ4v) is 4.60. The van der Waals surface area contributed by atoms with E-state index >= 15 is 0 Å². The first-order valence-corrected chi connectivity index (χ1v) is 11.0. The van der Waals surface area contributed by atoms with Gasteiger partial charge in [0.15, 0.2) is 17.3 Å². The van der Waals surface area contributed by atoms with Crippen LogP contribution < -0.4 is 15.2 Å². The number of halogens is 1. The summed E-state index contributed by atoms with van der Waals surface area (Å²) in [6.07, 6.45) is 0.949. The van der Waals surface area contributed by atoms with E-state index in [0.717, 1.165) is 5.56 Å². The molecule has 1 aliphatic carbocycles. The fraction of sp³-hybridized carbons (Fsp3) is 0.308. The number of hydrogen-bond donors (Lipinski definition) is 1. The summed E-state index contributed by atoms with van der Waals surface area (Å²) in [5.41, 5.74) is 8.22. The number of nitriles is 1. The van der Waals surface area contributed by atoms with E-state index in [1.54, 1.807) is 25.3 Å². The maximum atomic E-state index is 13.1. The molecule has 1 aliphatic heterocycles. The van der Waals surface area contributed by atoms with Crippen molar-refractivity contribution in [2.45, 2.75) is 39.2 Å². The Morgan fingerprint density at radius 2 is 2.00 bits per heavy atom. The summed E-state index contributed by atoms with van der Waals surface area (Å²) >= 11 is 6.05. The van der Waals surface area contributed by atoms with Crippen LogP contribution in [0.3, 0.4) is 0 Å². The minimum atomic E-state index is -0.613. The van der Waals surface area contributed by atoms with Crippen LogP contribution in [0.4, 0.5) is 0 Å². The lowest BCUT2D eigenvalue weighted by atomic mass is 9.70. The van der Waals surface area contributed by atoms with Crippen LogP contribution >= 0.6 is 11.6 Å². The zero-order valence-corrected chi connectivity index (χ0v) is 19.5. The minimum Gasteiger partial charge on any atom is -0.493 e. The van der Waals surface area contributed by atoms with E-state index < -0.39 is 5.92 Å². The number of nitrogens with two attached hydrogens (primary N) is 1. The third kappa shape index (κ3) is 4.55. The summed E-state index contributed by atoms with van der Waals surface area (Å²) in [6.45, 7) is 4.34. The molecule has 170 valence electrons. The summed E-state index contributed by atoms with van der Waals surface area (Å²) in [4.78, 5) is 13.1. The molecule has 1 unspecified atom stereocenters. The number of rotatable bonds is 5. The third-order valence-corrected chi connectivity index (χ3v) is 6.11. The zero-order chi connectivity index (χ0) is 23.8. The summed E-state index contributed by atoms with van der Waals surface area (Å²) in [5.74, 6) is 0.951. The van der Waals surface area contributed by atoms with Crippen LogP contribution in [0, 0.1) is 16.7 Å². The number of carbonyl (C=O) groups excluding carboxylic acids is 1. The average molecular weight is 465 g/mol. The molecule has 2 aromatic rings. The van der Waals surface area contributed by atoms with Gasteiger partial charge >= 0.3 is 0 Å². The van der Waals surface area contributed by atoms with Crippen LogP contribution in [0.25, 0.3) is 0 Å². The summed E-state index contributed by atoms with van der Waals surface area (Å²) in [5, 5.41) is 10.5. The monoisotopic (exact) mass is 464 g/mol. The van der Waals surface area contributed by atoms with E-state index in [1.807, 2.05) is 38.1 Å². The van der Waals surface area contributed by atoms with E-state index in [4.69, 9.17) is 31.5 Å². The van der Waals surface area contributed by atoms with E-state index in [9.17, 15) is 10.1 Å². The highest BCUT2D eigenvalue weighted by Gasteiger charge is 2.43. The van der Waals surface area contributed by atoms with Gasteiger partial charge < -0.3 is 19.9 Å². The number of ether oxygens (including phenoxy) is 3. The summed E-state index contributed by atoms with van der Waals surface area (Å²) < 4.78 is 17.3. The number of benzene rings is 2. The molecule has 6 nitrogen and oxygen atoms in total. The van der Waals surface area contributed by atoms with Gasteiger partial charge in [-0.15, -0.1) is 0 Å². The largest absolute Gasteiger partial charge is 0.493 e. The van der Waals surface area contributed by atoms with E-state index in [0.29, 0.717) is 52.9 Å². The predicted octanol–water partition coefficient (Wildman–Crippen LogP) is 5.38. The number of nitrogens with zero attached hydrogens (tertiary/aromatic N) is 1. The van der Waals surface area contributed by atoms with Gasteiger partial charge in [-0.25, -0.2) is 0 Å². The maximum absolute atomic E-state index is 13.1. The molecule has 2 aliphatic rings. The predicted molar refractivity (Wildman–Crippen MR) is 124 cm³/mol. The van der Waals surface area contributed by atoms with Gasteiger partial charge in [-0.1, -0.05) is 43.6 Å². The van der Waals surface area contributed by atoms with E-state index in [-0.39, 0.29) is 22.7 Å². The first kappa shape index (κ1) is 22.8. The Kier molecular flexibility index (Phi) is 6.09. The number of hydrogen-bond acceptors (Lipinski definition) is 6. The molecule has 0 aromatic heterocycles. The molecule has 2 aromatic carbocycles. The standard InChI is InChI=1S/C26H25ClN2O4/c1-26(2)11-19(30)24-22(12-26)33-25(29)18(13-28)23(24)16-7-8-20(21(10-16)31-3)32-14-15-5-4-6-17(27)9-15/h4-10,23H,11-12,14,29H2,1-3H3. The van der Waals surface area contributed by atoms with Gasteiger partial charge in [0, 0.05) is 23.4 Å². The number of Topliss-reactive ketones (excluding diaryl/α,β-unsaturated/α-hetero) is 1. The average Bonchev–Trinajstić information content (AvgIpc) is 2.76. The molecule has 0 bridgehead atoms. The van der Waals surface area contributed by atoms with Crippen LogP contribution in [0.15, 0.2) is 65.3 Å². The normalized spacial score (nSPS) is 19.5. The molecule has 0 saturated heterocycles. The molecule has 0 spiro atoms. The van der Waals surface area contributed by atoms with Crippen LogP contribution in [0.2, 0.25) is 5.02 Å². The van der Waals surface area contributed by atoms with Crippen molar-refractivity contribution >= 4 is 17.4 Å². The van der Waals surface area contributed by atoms with Gasteiger partial charge in [-0.05, 0) is 40.8 Å². The maximum Gasteiger partial charge on any atom is 0.205 e. The van der Waals surface area contributed by atoms with Crippen LogP contribution in [0.5, 0.6) is 11.5 Å². The molecule has 2 N–H and O–H groups in total. The highest BCUT2D eigenvalue weighted by atomic mass is 35.5. The Balaban J connectivity index is 1.70. The Bertz CT molecular complexity index is 1220. The molecule has 7 heteroatoms. The molecule has 0 fully saturated rings. The van der Waals surface area contributed by atoms with Gasteiger partial charge in [0.2, 0.25) is 5.88 Å². The smallest absolute Gasteiger partial charge is 0.205 e. The van der Waals surface area contributed by atoms with Gasteiger partial charge in [0.25, 0.3) is 0 Å². The summed E-state index contributed by atoms with van der Waals surface area (Å²) in [6, 6.07) is 14.9. The van der Waals surface area contributed by atoms with Crippen molar-refractivity contribution in [2.75, 3.05) is 7.11 Å². The topological polar surface area (TPSA) is 94.6 Å². The minimum absolute atomic E-state index is 0.0343. The number of allylic oxidation sites excluding steroid dienone is 3. The second-order valence-corrected chi connectivity index (χ2v) is 9.47. The highest BCUT2D eigenvalue weighted by molar-refractivity contribution is 6.30. The van der Waals surface area contributed by atoms with Gasteiger partial charge in [0.1, 0.15) is 24.0 Å². The lowest BCUT2D eigenvalue weighted by Crippen LogP contribution is -2.33. The molecule has 4 rings (SSSR count). The Morgan fingerprint density at radius 1 is 1.21 bits per heavy atom. The number of ketones is 1. The van der Waals surface area contributed by atoms with Crippen molar-refractivity contribution in [2.24, 2.45) is 11.1 Å².